The first-order chi connectivity index (χ1) is 9.15. The van der Waals surface area contributed by atoms with E-state index in [0.29, 0.717) is 39.5 Å². The zero-order valence-electron chi connectivity index (χ0n) is 10.6. The molecule has 0 aliphatic heterocycles. The molecule has 19 heavy (non-hydrogen) atoms. The first kappa shape index (κ1) is 14.0. The molecule has 2 aromatic rings. The number of nitrogens with two attached hydrogens (primary N) is 1. The monoisotopic (exact) mass is 299 g/mol. The molecule has 0 amide bonds. The molecule has 0 saturated carbocycles. The van der Waals surface area contributed by atoms with Crippen LogP contribution in [0.25, 0.3) is 11.5 Å². The van der Waals surface area contributed by atoms with E-state index in [1.807, 2.05) is 0 Å². The van der Waals surface area contributed by atoms with E-state index < -0.39 is 0 Å². The number of benzene rings is 1. The van der Waals surface area contributed by atoms with Gasteiger partial charge in [-0.3, -0.25) is 0 Å². The van der Waals surface area contributed by atoms with Gasteiger partial charge < -0.3 is 15.0 Å². The zero-order chi connectivity index (χ0) is 13.8. The Morgan fingerprint density at radius 1 is 1.47 bits per heavy atom. The number of halogens is 1. The number of anilines is 1. The normalized spacial score (nSPS) is 10.7. The summed E-state index contributed by atoms with van der Waals surface area (Å²) < 4.78 is 10.5. The summed E-state index contributed by atoms with van der Waals surface area (Å²) in [6.45, 7) is 2.08. The lowest BCUT2D eigenvalue weighted by Gasteiger charge is -2.07. The highest BCUT2D eigenvalue weighted by Gasteiger charge is 2.16. The minimum atomic E-state index is 0.380. The lowest BCUT2D eigenvalue weighted by Crippen LogP contribution is -1.93. The van der Waals surface area contributed by atoms with Crippen molar-refractivity contribution in [3.63, 3.8) is 0 Å². The van der Waals surface area contributed by atoms with Crippen LogP contribution in [-0.4, -0.2) is 23.0 Å². The summed E-state index contributed by atoms with van der Waals surface area (Å²) in [5.74, 6) is 3.30. The van der Waals surface area contributed by atoms with Crippen molar-refractivity contribution in [2.75, 3.05) is 18.6 Å². The average Bonchev–Trinajstić information content (AvgIpc) is 2.87. The second-order valence-corrected chi connectivity index (χ2v) is 5.41. The summed E-state index contributed by atoms with van der Waals surface area (Å²) in [6, 6.07) is 3.31. The Hall–Kier alpha value is -1.40. The predicted molar refractivity (Wildman–Crippen MR) is 77.5 cm³/mol. The van der Waals surface area contributed by atoms with E-state index in [1.165, 1.54) is 0 Å². The highest BCUT2D eigenvalue weighted by Crippen LogP contribution is 2.35. The molecule has 7 heteroatoms. The van der Waals surface area contributed by atoms with Crippen molar-refractivity contribution in [2.24, 2.45) is 0 Å². The van der Waals surface area contributed by atoms with Crippen LogP contribution >= 0.6 is 23.4 Å². The molecule has 0 unspecified atom stereocenters. The van der Waals surface area contributed by atoms with Crippen LogP contribution in [0.5, 0.6) is 5.75 Å². The van der Waals surface area contributed by atoms with Crippen LogP contribution in [0.1, 0.15) is 12.7 Å². The third-order valence-corrected chi connectivity index (χ3v) is 3.65. The van der Waals surface area contributed by atoms with Gasteiger partial charge in [-0.15, -0.1) is 0 Å². The zero-order valence-corrected chi connectivity index (χ0v) is 12.2. The summed E-state index contributed by atoms with van der Waals surface area (Å²) in [4.78, 5) is 4.32. The number of nitrogens with zero attached hydrogens (tertiary/aromatic N) is 2. The van der Waals surface area contributed by atoms with Gasteiger partial charge in [-0.2, -0.15) is 16.7 Å². The molecule has 0 aliphatic carbocycles. The Balaban J connectivity index is 2.35. The average molecular weight is 300 g/mol. The fraction of sp³-hybridized carbons (Fsp3) is 0.333. The number of nitrogen functional groups attached to an aromatic ring is 1. The maximum Gasteiger partial charge on any atom is 0.261 e. The minimum absolute atomic E-state index is 0.380. The molecular formula is C12H14ClN3O2S. The lowest BCUT2D eigenvalue weighted by atomic mass is 10.2. The molecule has 0 atom stereocenters. The van der Waals surface area contributed by atoms with Crippen LogP contribution in [-0.2, 0) is 5.75 Å². The van der Waals surface area contributed by atoms with Crippen molar-refractivity contribution < 1.29 is 9.26 Å². The van der Waals surface area contributed by atoms with Gasteiger partial charge in [0.25, 0.3) is 5.89 Å². The fourth-order valence-electron chi connectivity index (χ4n) is 1.52. The molecule has 1 aromatic heterocycles. The van der Waals surface area contributed by atoms with Crippen molar-refractivity contribution in [1.29, 1.82) is 0 Å². The summed E-state index contributed by atoms with van der Waals surface area (Å²) in [7, 11) is 1.55. The topological polar surface area (TPSA) is 74.2 Å². The predicted octanol–water partition coefficient (Wildman–Crippen LogP) is 3.23. The molecule has 0 fully saturated rings. The molecule has 5 nitrogen and oxygen atoms in total. The molecule has 102 valence electrons. The molecule has 0 saturated heterocycles. The van der Waals surface area contributed by atoms with Crippen LogP contribution in [0, 0.1) is 0 Å². The van der Waals surface area contributed by atoms with Gasteiger partial charge in [0.1, 0.15) is 5.75 Å². The molecule has 0 spiro atoms. The number of hydrogen-bond acceptors (Lipinski definition) is 6. The van der Waals surface area contributed by atoms with Crippen LogP contribution in [0.4, 0.5) is 5.69 Å². The summed E-state index contributed by atoms with van der Waals surface area (Å²) >= 11 is 7.73. The quantitative estimate of drug-likeness (QED) is 0.854. The van der Waals surface area contributed by atoms with Gasteiger partial charge in [0.15, 0.2) is 5.82 Å². The van der Waals surface area contributed by atoms with Crippen LogP contribution in [0.3, 0.4) is 0 Å². The Labute approximate surface area is 120 Å². The van der Waals surface area contributed by atoms with E-state index in [1.54, 1.807) is 31.0 Å². The van der Waals surface area contributed by atoms with Crippen molar-refractivity contribution in [2.45, 2.75) is 12.7 Å². The van der Waals surface area contributed by atoms with E-state index in [9.17, 15) is 0 Å². The highest BCUT2D eigenvalue weighted by atomic mass is 35.5. The van der Waals surface area contributed by atoms with E-state index >= 15 is 0 Å². The van der Waals surface area contributed by atoms with Crippen LogP contribution in [0.15, 0.2) is 16.7 Å². The third kappa shape index (κ3) is 3.13. The Bertz CT molecular complexity index is 574. The lowest BCUT2D eigenvalue weighted by molar-refractivity contribution is 0.404. The second-order valence-electron chi connectivity index (χ2n) is 3.73. The standard InChI is InChI=1S/C12H14ClN3O2S/c1-3-19-6-11-15-12(18-16-11)7-4-8(13)9(14)5-10(7)17-2/h4-5H,3,6,14H2,1-2H3. The first-order valence-electron chi connectivity index (χ1n) is 5.69. The number of ether oxygens (including phenoxy) is 1. The summed E-state index contributed by atoms with van der Waals surface area (Å²) in [5.41, 5.74) is 6.82. The molecule has 2 N–H and O–H groups in total. The maximum absolute atomic E-state index is 6.01. The number of hydrogen-bond donors (Lipinski definition) is 1. The molecule has 0 aliphatic rings. The smallest absolute Gasteiger partial charge is 0.261 e. The van der Waals surface area contributed by atoms with Gasteiger partial charge in [0.2, 0.25) is 0 Å². The van der Waals surface area contributed by atoms with Gasteiger partial charge in [-0.25, -0.2) is 0 Å². The van der Waals surface area contributed by atoms with Gasteiger partial charge in [-0.1, -0.05) is 23.7 Å². The van der Waals surface area contributed by atoms with E-state index in [0.717, 1.165) is 5.75 Å². The van der Waals surface area contributed by atoms with E-state index in [2.05, 4.69) is 17.1 Å². The molecule has 1 heterocycles. The van der Waals surface area contributed by atoms with Gasteiger partial charge in [0, 0.05) is 6.07 Å². The van der Waals surface area contributed by atoms with Crippen molar-refractivity contribution in [3.8, 4) is 17.2 Å². The van der Waals surface area contributed by atoms with E-state index in [4.69, 9.17) is 26.6 Å². The van der Waals surface area contributed by atoms with Gasteiger partial charge in [0.05, 0.1) is 29.1 Å². The second kappa shape index (κ2) is 6.16. The molecule has 2 rings (SSSR count). The number of thioether (sulfide) groups is 1. The molecule has 0 radical (unpaired) electrons. The van der Waals surface area contributed by atoms with Crippen molar-refractivity contribution in [1.82, 2.24) is 10.1 Å². The SMILES string of the molecule is CCSCc1noc(-c2cc(Cl)c(N)cc2OC)n1. The Morgan fingerprint density at radius 2 is 2.26 bits per heavy atom. The molecular weight excluding hydrogens is 286 g/mol. The van der Waals surface area contributed by atoms with Crippen LogP contribution < -0.4 is 10.5 Å². The number of rotatable bonds is 5. The first-order valence-corrected chi connectivity index (χ1v) is 7.22. The Morgan fingerprint density at radius 3 is 2.95 bits per heavy atom. The highest BCUT2D eigenvalue weighted by molar-refractivity contribution is 7.98. The number of methoxy groups -OCH3 is 1. The molecule has 0 bridgehead atoms. The summed E-state index contributed by atoms with van der Waals surface area (Å²) in [5, 5.41) is 4.35. The van der Waals surface area contributed by atoms with Gasteiger partial charge >= 0.3 is 0 Å². The minimum Gasteiger partial charge on any atom is -0.496 e. The van der Waals surface area contributed by atoms with Crippen molar-refractivity contribution in [3.05, 3.63) is 23.0 Å². The maximum atomic E-state index is 6.01. The Kier molecular flexibility index (Phi) is 4.55. The largest absolute Gasteiger partial charge is 0.496 e. The third-order valence-electron chi connectivity index (χ3n) is 2.45. The number of aromatic nitrogens is 2. The van der Waals surface area contributed by atoms with Gasteiger partial charge in [-0.05, 0) is 11.8 Å². The van der Waals surface area contributed by atoms with E-state index in [-0.39, 0.29) is 0 Å². The van der Waals surface area contributed by atoms with Crippen molar-refractivity contribution >= 4 is 29.1 Å². The fourth-order valence-corrected chi connectivity index (χ4v) is 2.19. The molecule has 1 aromatic carbocycles. The van der Waals surface area contributed by atoms with Crippen LogP contribution in [0.2, 0.25) is 5.02 Å². The summed E-state index contributed by atoms with van der Waals surface area (Å²) in [6.07, 6.45) is 0.